The molecule has 1 amide bonds. The summed E-state index contributed by atoms with van der Waals surface area (Å²) < 4.78 is 5.24. The quantitative estimate of drug-likeness (QED) is 0.845. The molecule has 1 fully saturated rings. The molecule has 1 heterocycles. The van der Waals surface area contributed by atoms with E-state index in [2.05, 4.69) is 12.4 Å². The molecule has 91 valence electrons. The molecular formula is C13H17N2O2. The summed E-state index contributed by atoms with van der Waals surface area (Å²) in [5.74, 6) is 0.0644. The van der Waals surface area contributed by atoms with Crippen LogP contribution < -0.4 is 5.32 Å². The van der Waals surface area contributed by atoms with Crippen LogP contribution in [0, 0.1) is 7.05 Å². The fourth-order valence-corrected chi connectivity index (χ4v) is 1.96. The molecule has 1 aliphatic heterocycles. The van der Waals surface area contributed by atoms with Crippen LogP contribution in [-0.2, 0) is 9.53 Å². The van der Waals surface area contributed by atoms with Crippen LogP contribution in [0.5, 0.6) is 0 Å². The van der Waals surface area contributed by atoms with Gasteiger partial charge in [-0.05, 0) is 5.56 Å². The average molecular weight is 233 g/mol. The van der Waals surface area contributed by atoms with Gasteiger partial charge in [-0.1, -0.05) is 30.3 Å². The number of morpholine rings is 1. The molecule has 4 heteroatoms. The molecule has 1 aliphatic rings. The molecule has 4 nitrogen and oxygen atoms in total. The van der Waals surface area contributed by atoms with Gasteiger partial charge in [0.2, 0.25) is 5.91 Å². The fourth-order valence-electron chi connectivity index (χ4n) is 1.96. The van der Waals surface area contributed by atoms with Crippen molar-refractivity contribution in [2.45, 2.75) is 6.04 Å². The molecule has 1 N–H and O–H groups in total. The maximum atomic E-state index is 12.3. The van der Waals surface area contributed by atoms with Crippen LogP contribution in [-0.4, -0.2) is 37.1 Å². The lowest BCUT2D eigenvalue weighted by Gasteiger charge is -2.30. The van der Waals surface area contributed by atoms with E-state index in [1.165, 1.54) is 0 Å². The minimum absolute atomic E-state index is 0.0644. The molecule has 1 aromatic carbocycles. The number of nitrogens with one attached hydrogen (secondary N) is 1. The Bertz CT molecular complexity index is 361. The zero-order valence-corrected chi connectivity index (χ0v) is 9.76. The first kappa shape index (κ1) is 12.1. The van der Waals surface area contributed by atoms with Gasteiger partial charge in [0, 0.05) is 20.1 Å². The van der Waals surface area contributed by atoms with Crippen molar-refractivity contribution in [2.75, 3.05) is 26.3 Å². The normalized spacial score (nSPS) is 17.8. The van der Waals surface area contributed by atoms with Gasteiger partial charge in [0.1, 0.15) is 6.04 Å². The van der Waals surface area contributed by atoms with Gasteiger partial charge in [-0.3, -0.25) is 4.79 Å². The van der Waals surface area contributed by atoms with E-state index in [9.17, 15) is 4.79 Å². The van der Waals surface area contributed by atoms with Gasteiger partial charge in [-0.25, -0.2) is 0 Å². The third kappa shape index (κ3) is 2.84. The van der Waals surface area contributed by atoms with E-state index in [1.807, 2.05) is 35.2 Å². The summed E-state index contributed by atoms with van der Waals surface area (Å²) in [5.41, 5.74) is 0.944. The van der Waals surface area contributed by atoms with Crippen LogP contribution >= 0.6 is 0 Å². The maximum Gasteiger partial charge on any atom is 0.244 e. The number of ether oxygens (including phenoxy) is 1. The highest BCUT2D eigenvalue weighted by molar-refractivity contribution is 5.83. The number of rotatable bonds is 3. The second-order valence-corrected chi connectivity index (χ2v) is 3.99. The summed E-state index contributed by atoms with van der Waals surface area (Å²) in [6, 6.07) is 9.28. The molecule has 0 aliphatic carbocycles. The first-order valence-corrected chi connectivity index (χ1v) is 5.77. The Kier molecular flexibility index (Phi) is 4.12. The lowest BCUT2D eigenvalue weighted by Crippen LogP contribution is -2.45. The van der Waals surface area contributed by atoms with Crippen LogP contribution in [0.2, 0.25) is 0 Å². The van der Waals surface area contributed by atoms with Crippen molar-refractivity contribution in [1.82, 2.24) is 10.2 Å². The molecule has 0 spiro atoms. The van der Waals surface area contributed by atoms with E-state index in [0.29, 0.717) is 26.3 Å². The second-order valence-electron chi connectivity index (χ2n) is 3.99. The topological polar surface area (TPSA) is 41.6 Å². The van der Waals surface area contributed by atoms with E-state index < -0.39 is 0 Å². The number of carbonyl (C=O) groups excluding carboxylic acids is 1. The van der Waals surface area contributed by atoms with Gasteiger partial charge in [0.05, 0.1) is 13.2 Å². The fraction of sp³-hybridized carbons (Fsp3) is 0.385. The Hall–Kier alpha value is -1.39. The lowest BCUT2D eigenvalue weighted by atomic mass is 10.1. The van der Waals surface area contributed by atoms with Crippen LogP contribution in [0.1, 0.15) is 11.6 Å². The van der Waals surface area contributed by atoms with Crippen molar-refractivity contribution in [2.24, 2.45) is 0 Å². The Balaban J connectivity index is 2.10. The predicted octanol–water partition coefficient (Wildman–Crippen LogP) is 0.968. The summed E-state index contributed by atoms with van der Waals surface area (Å²) in [7, 11) is 3.65. The third-order valence-electron chi connectivity index (χ3n) is 2.91. The van der Waals surface area contributed by atoms with E-state index in [1.54, 1.807) is 0 Å². The van der Waals surface area contributed by atoms with E-state index in [-0.39, 0.29) is 11.9 Å². The van der Waals surface area contributed by atoms with Crippen molar-refractivity contribution in [3.63, 3.8) is 0 Å². The van der Waals surface area contributed by atoms with E-state index in [4.69, 9.17) is 4.74 Å². The van der Waals surface area contributed by atoms with Crippen LogP contribution in [0.4, 0.5) is 0 Å². The molecule has 1 radical (unpaired) electrons. The van der Waals surface area contributed by atoms with Gasteiger partial charge in [-0.15, -0.1) is 0 Å². The first-order chi connectivity index (χ1) is 8.33. The van der Waals surface area contributed by atoms with Crippen molar-refractivity contribution >= 4 is 5.91 Å². The SMILES string of the molecule is [CH2]N[C@H](C(=O)N1CCOCC1)c1ccccc1. The van der Waals surface area contributed by atoms with Gasteiger partial charge < -0.3 is 15.0 Å². The number of carbonyl (C=O) groups is 1. The van der Waals surface area contributed by atoms with Crippen molar-refractivity contribution in [3.8, 4) is 0 Å². The molecule has 1 atom stereocenters. The molecule has 2 rings (SSSR count). The molecule has 0 aromatic heterocycles. The van der Waals surface area contributed by atoms with Gasteiger partial charge in [0.15, 0.2) is 0 Å². The molecule has 17 heavy (non-hydrogen) atoms. The zero-order valence-electron chi connectivity index (χ0n) is 9.76. The number of hydrogen-bond acceptors (Lipinski definition) is 3. The summed E-state index contributed by atoms with van der Waals surface area (Å²) in [4.78, 5) is 14.1. The largest absolute Gasteiger partial charge is 0.378 e. The maximum absolute atomic E-state index is 12.3. The summed E-state index contributed by atoms with van der Waals surface area (Å²) in [6.45, 7) is 2.54. The van der Waals surface area contributed by atoms with Crippen LogP contribution in [0.25, 0.3) is 0 Å². The van der Waals surface area contributed by atoms with E-state index >= 15 is 0 Å². The van der Waals surface area contributed by atoms with Gasteiger partial charge in [0.25, 0.3) is 0 Å². The Labute approximate surface area is 102 Å². The van der Waals surface area contributed by atoms with Gasteiger partial charge >= 0.3 is 0 Å². The highest BCUT2D eigenvalue weighted by atomic mass is 16.5. The molecule has 0 unspecified atom stereocenters. The predicted molar refractivity (Wildman–Crippen MR) is 65.1 cm³/mol. The number of benzene rings is 1. The van der Waals surface area contributed by atoms with Crippen molar-refractivity contribution < 1.29 is 9.53 Å². The van der Waals surface area contributed by atoms with Crippen molar-refractivity contribution in [1.29, 1.82) is 0 Å². The molecule has 1 saturated heterocycles. The lowest BCUT2D eigenvalue weighted by molar-refractivity contribution is -0.137. The van der Waals surface area contributed by atoms with E-state index in [0.717, 1.165) is 5.56 Å². The standard InChI is InChI=1S/C13H17N2O2/c1-14-12(11-5-3-2-4-6-11)13(16)15-7-9-17-10-8-15/h2-6,12,14H,1,7-10H2/t12-/m0/s1. The smallest absolute Gasteiger partial charge is 0.244 e. The Morgan fingerprint density at radius 1 is 1.29 bits per heavy atom. The molecule has 1 aromatic rings. The van der Waals surface area contributed by atoms with Crippen LogP contribution in [0.15, 0.2) is 30.3 Å². The van der Waals surface area contributed by atoms with Crippen molar-refractivity contribution in [3.05, 3.63) is 42.9 Å². The molecule has 0 saturated carbocycles. The summed E-state index contributed by atoms with van der Waals surface area (Å²) >= 11 is 0. The minimum Gasteiger partial charge on any atom is -0.378 e. The monoisotopic (exact) mass is 233 g/mol. The number of hydrogen-bond donors (Lipinski definition) is 1. The Morgan fingerprint density at radius 2 is 1.94 bits per heavy atom. The molecular weight excluding hydrogens is 216 g/mol. The number of amides is 1. The zero-order chi connectivity index (χ0) is 12.1. The van der Waals surface area contributed by atoms with Gasteiger partial charge in [-0.2, -0.15) is 0 Å². The highest BCUT2D eigenvalue weighted by Gasteiger charge is 2.25. The second kappa shape index (κ2) is 5.80. The third-order valence-corrected chi connectivity index (χ3v) is 2.91. The number of nitrogens with zero attached hydrogens (tertiary/aromatic N) is 1. The Morgan fingerprint density at radius 3 is 2.53 bits per heavy atom. The first-order valence-electron chi connectivity index (χ1n) is 5.77. The molecule has 0 bridgehead atoms. The average Bonchev–Trinajstić information content (AvgIpc) is 2.42. The minimum atomic E-state index is -0.366. The highest BCUT2D eigenvalue weighted by Crippen LogP contribution is 2.16. The van der Waals surface area contributed by atoms with Crippen LogP contribution in [0.3, 0.4) is 0 Å². The summed E-state index contributed by atoms with van der Waals surface area (Å²) in [6.07, 6.45) is 0. The summed E-state index contributed by atoms with van der Waals surface area (Å²) in [5, 5.41) is 2.83.